The number of nitrogens with zero attached hydrogens (tertiary/aromatic N) is 2. The Balaban J connectivity index is 2.27. The molecular formula is C20H24N2O2. The number of rotatable bonds is 7. The van der Waals surface area contributed by atoms with Gasteiger partial charge in [0.2, 0.25) is 0 Å². The summed E-state index contributed by atoms with van der Waals surface area (Å²) in [5.74, 6) is 1.68. The van der Waals surface area contributed by atoms with Crippen LogP contribution in [-0.2, 0) is 0 Å². The van der Waals surface area contributed by atoms with Crippen molar-refractivity contribution in [3.63, 3.8) is 0 Å². The van der Waals surface area contributed by atoms with Crippen molar-refractivity contribution < 1.29 is 9.47 Å². The molecule has 0 radical (unpaired) electrons. The molecule has 0 bridgehead atoms. The molecule has 4 nitrogen and oxygen atoms in total. The van der Waals surface area contributed by atoms with Crippen molar-refractivity contribution in [1.82, 2.24) is 0 Å². The van der Waals surface area contributed by atoms with Crippen LogP contribution in [0.25, 0.3) is 0 Å². The molecule has 0 aliphatic rings. The SMILES string of the molecule is CC/C(=N\N=C(/CC)c1ccc(OC)cc1)c1ccc(OC)cc1. The van der Waals surface area contributed by atoms with Crippen molar-refractivity contribution in [3.05, 3.63) is 59.7 Å². The standard InChI is InChI=1S/C20H24N2O2/c1-5-19(15-7-11-17(23-3)12-8-15)21-22-20(6-2)16-9-13-18(24-4)14-10-16/h7-14H,5-6H2,1-4H3/b21-19+,22-20+. The van der Waals surface area contributed by atoms with Gasteiger partial charge in [-0.1, -0.05) is 13.8 Å². The minimum Gasteiger partial charge on any atom is -0.497 e. The topological polar surface area (TPSA) is 43.2 Å². The van der Waals surface area contributed by atoms with Crippen molar-refractivity contribution in [2.45, 2.75) is 26.7 Å². The van der Waals surface area contributed by atoms with Crippen LogP contribution in [0.1, 0.15) is 37.8 Å². The second-order valence-corrected chi connectivity index (χ2v) is 5.26. The summed E-state index contributed by atoms with van der Waals surface area (Å²) in [6.45, 7) is 4.16. The van der Waals surface area contributed by atoms with E-state index in [-0.39, 0.29) is 0 Å². The third kappa shape index (κ3) is 4.44. The van der Waals surface area contributed by atoms with Crippen molar-refractivity contribution in [2.24, 2.45) is 10.2 Å². The summed E-state index contributed by atoms with van der Waals surface area (Å²) >= 11 is 0. The second kappa shape index (κ2) is 8.87. The Kier molecular flexibility index (Phi) is 6.55. The molecular weight excluding hydrogens is 300 g/mol. The van der Waals surface area contributed by atoms with Gasteiger partial charge < -0.3 is 9.47 Å². The fraction of sp³-hybridized carbons (Fsp3) is 0.300. The monoisotopic (exact) mass is 324 g/mol. The average Bonchev–Trinajstić information content (AvgIpc) is 2.66. The fourth-order valence-corrected chi connectivity index (χ4v) is 2.35. The number of hydrogen-bond donors (Lipinski definition) is 0. The zero-order valence-electron chi connectivity index (χ0n) is 14.7. The second-order valence-electron chi connectivity index (χ2n) is 5.26. The third-order valence-corrected chi connectivity index (χ3v) is 3.81. The minimum absolute atomic E-state index is 0.815. The summed E-state index contributed by atoms with van der Waals surface area (Å²) in [6.07, 6.45) is 1.63. The van der Waals surface area contributed by atoms with E-state index in [1.165, 1.54) is 0 Å². The lowest BCUT2D eigenvalue weighted by atomic mass is 10.1. The summed E-state index contributed by atoms with van der Waals surface area (Å²) in [7, 11) is 3.33. The van der Waals surface area contributed by atoms with Crippen LogP contribution in [0.4, 0.5) is 0 Å². The van der Waals surface area contributed by atoms with Crippen LogP contribution < -0.4 is 9.47 Å². The largest absolute Gasteiger partial charge is 0.497 e. The van der Waals surface area contributed by atoms with Gasteiger partial charge in [-0.05, 0) is 72.5 Å². The Morgan fingerprint density at radius 2 is 1.00 bits per heavy atom. The van der Waals surface area contributed by atoms with Crippen LogP contribution in [0.5, 0.6) is 11.5 Å². The molecule has 0 fully saturated rings. The van der Waals surface area contributed by atoms with E-state index in [4.69, 9.17) is 9.47 Å². The number of methoxy groups -OCH3 is 2. The number of hydrogen-bond acceptors (Lipinski definition) is 4. The van der Waals surface area contributed by atoms with Gasteiger partial charge >= 0.3 is 0 Å². The fourth-order valence-electron chi connectivity index (χ4n) is 2.35. The first-order valence-corrected chi connectivity index (χ1v) is 8.14. The Morgan fingerprint density at radius 3 is 1.25 bits per heavy atom. The van der Waals surface area contributed by atoms with E-state index >= 15 is 0 Å². The summed E-state index contributed by atoms with van der Waals surface area (Å²) < 4.78 is 10.4. The lowest BCUT2D eigenvalue weighted by molar-refractivity contribution is 0.414. The molecule has 0 spiro atoms. The highest BCUT2D eigenvalue weighted by Gasteiger charge is 2.04. The molecule has 0 saturated heterocycles. The van der Waals surface area contributed by atoms with Crippen LogP contribution in [0, 0.1) is 0 Å². The molecule has 0 N–H and O–H groups in total. The Hall–Kier alpha value is -2.62. The van der Waals surface area contributed by atoms with Gasteiger partial charge in [0, 0.05) is 0 Å². The Bertz CT molecular complexity index is 638. The predicted molar refractivity (Wildman–Crippen MR) is 99.6 cm³/mol. The van der Waals surface area contributed by atoms with Gasteiger partial charge in [-0.15, -0.1) is 0 Å². The highest BCUT2D eigenvalue weighted by atomic mass is 16.5. The van der Waals surface area contributed by atoms with Crippen molar-refractivity contribution in [2.75, 3.05) is 14.2 Å². The quantitative estimate of drug-likeness (QED) is 0.546. The molecule has 2 aromatic rings. The zero-order valence-corrected chi connectivity index (χ0v) is 14.7. The van der Waals surface area contributed by atoms with Crippen LogP contribution in [0.15, 0.2) is 58.7 Å². The van der Waals surface area contributed by atoms with E-state index in [1.54, 1.807) is 14.2 Å². The molecule has 2 aromatic carbocycles. The maximum atomic E-state index is 5.20. The van der Waals surface area contributed by atoms with Gasteiger partial charge in [0.1, 0.15) is 11.5 Å². The van der Waals surface area contributed by atoms with Gasteiger partial charge in [-0.2, -0.15) is 10.2 Å². The van der Waals surface area contributed by atoms with Crippen LogP contribution >= 0.6 is 0 Å². The first-order chi connectivity index (χ1) is 11.7. The molecule has 0 unspecified atom stereocenters. The summed E-state index contributed by atoms with van der Waals surface area (Å²) in [5, 5.41) is 8.98. The maximum Gasteiger partial charge on any atom is 0.118 e. The Morgan fingerprint density at radius 1 is 0.667 bits per heavy atom. The maximum absolute atomic E-state index is 5.20. The van der Waals surface area contributed by atoms with Crippen molar-refractivity contribution in [3.8, 4) is 11.5 Å². The molecule has 0 atom stereocenters. The molecule has 24 heavy (non-hydrogen) atoms. The van der Waals surface area contributed by atoms with Gasteiger partial charge in [0.05, 0.1) is 25.6 Å². The smallest absolute Gasteiger partial charge is 0.118 e. The first-order valence-electron chi connectivity index (χ1n) is 8.14. The molecule has 0 aromatic heterocycles. The average molecular weight is 324 g/mol. The first kappa shape index (κ1) is 17.7. The summed E-state index contributed by atoms with van der Waals surface area (Å²) in [4.78, 5) is 0. The molecule has 0 amide bonds. The molecule has 0 aliphatic heterocycles. The van der Waals surface area contributed by atoms with Crippen molar-refractivity contribution >= 4 is 11.4 Å². The molecule has 2 rings (SSSR count). The molecule has 0 heterocycles. The van der Waals surface area contributed by atoms with E-state index in [2.05, 4.69) is 24.1 Å². The third-order valence-electron chi connectivity index (χ3n) is 3.81. The van der Waals surface area contributed by atoms with E-state index in [0.717, 1.165) is 46.9 Å². The Labute approximate surface area is 143 Å². The molecule has 126 valence electrons. The summed E-state index contributed by atoms with van der Waals surface area (Å²) in [6, 6.07) is 15.8. The van der Waals surface area contributed by atoms with Crippen LogP contribution in [-0.4, -0.2) is 25.6 Å². The van der Waals surface area contributed by atoms with E-state index in [9.17, 15) is 0 Å². The lowest BCUT2D eigenvalue weighted by Gasteiger charge is -2.06. The molecule has 0 saturated carbocycles. The van der Waals surface area contributed by atoms with Gasteiger partial charge in [-0.25, -0.2) is 0 Å². The van der Waals surface area contributed by atoms with Crippen LogP contribution in [0.3, 0.4) is 0 Å². The van der Waals surface area contributed by atoms with Crippen molar-refractivity contribution in [1.29, 1.82) is 0 Å². The van der Waals surface area contributed by atoms with Gasteiger partial charge in [0.25, 0.3) is 0 Å². The summed E-state index contributed by atoms with van der Waals surface area (Å²) in [5.41, 5.74) is 4.04. The molecule has 4 heteroatoms. The highest BCUT2D eigenvalue weighted by Crippen LogP contribution is 2.15. The minimum atomic E-state index is 0.815. The molecule has 0 aliphatic carbocycles. The van der Waals surface area contributed by atoms with Gasteiger partial charge in [-0.3, -0.25) is 0 Å². The van der Waals surface area contributed by atoms with E-state index in [0.29, 0.717) is 0 Å². The van der Waals surface area contributed by atoms with E-state index < -0.39 is 0 Å². The number of ether oxygens (including phenoxy) is 2. The van der Waals surface area contributed by atoms with Gasteiger partial charge in [0.15, 0.2) is 0 Å². The normalized spacial score (nSPS) is 12.2. The highest BCUT2D eigenvalue weighted by molar-refractivity contribution is 6.03. The van der Waals surface area contributed by atoms with E-state index in [1.807, 2.05) is 48.5 Å². The predicted octanol–water partition coefficient (Wildman–Crippen LogP) is 4.72. The lowest BCUT2D eigenvalue weighted by Crippen LogP contribution is -2.02. The van der Waals surface area contributed by atoms with Crippen LogP contribution in [0.2, 0.25) is 0 Å². The zero-order chi connectivity index (χ0) is 17.4. The number of benzene rings is 2.